The molecule has 0 spiro atoms. The standard InChI is InChI=1S/C21H27N5O2/c1-16-5-2-3-7-19(16)24-9-11-25(12-10-24)21(28)17-6-4-8-26(15-17)18-13-20(27)23-22-14-18/h2-3,5,7,13-14,17H,4,6,8-12,15H2,1H3,(H,23,27). The molecule has 1 amide bonds. The maximum atomic E-state index is 13.1. The Balaban J connectivity index is 1.37. The highest BCUT2D eigenvalue weighted by Crippen LogP contribution is 2.25. The number of hydrogen-bond acceptors (Lipinski definition) is 5. The number of benzene rings is 1. The van der Waals surface area contributed by atoms with Crippen molar-refractivity contribution in [3.8, 4) is 0 Å². The normalized spacial score (nSPS) is 20.3. The highest BCUT2D eigenvalue weighted by molar-refractivity contribution is 5.80. The molecule has 0 bridgehead atoms. The lowest BCUT2D eigenvalue weighted by Gasteiger charge is -2.40. The van der Waals surface area contributed by atoms with Gasteiger partial charge in [0.25, 0.3) is 5.56 Å². The summed E-state index contributed by atoms with van der Waals surface area (Å²) < 4.78 is 0. The number of piperazine rings is 1. The molecule has 2 aromatic rings. The molecular weight excluding hydrogens is 354 g/mol. The molecule has 4 rings (SSSR count). The van der Waals surface area contributed by atoms with E-state index in [1.165, 1.54) is 11.3 Å². The molecule has 148 valence electrons. The molecular formula is C21H27N5O2. The Morgan fingerprint density at radius 3 is 2.64 bits per heavy atom. The first kappa shape index (κ1) is 18.5. The fraction of sp³-hybridized carbons (Fsp3) is 0.476. The Hall–Kier alpha value is -2.83. The number of piperidine rings is 1. The van der Waals surface area contributed by atoms with E-state index in [9.17, 15) is 9.59 Å². The van der Waals surface area contributed by atoms with E-state index in [0.29, 0.717) is 6.54 Å². The van der Waals surface area contributed by atoms with Crippen molar-refractivity contribution in [1.82, 2.24) is 15.1 Å². The molecule has 1 unspecified atom stereocenters. The summed E-state index contributed by atoms with van der Waals surface area (Å²) in [4.78, 5) is 31.1. The molecule has 1 N–H and O–H groups in total. The fourth-order valence-corrected chi connectivity index (χ4v) is 4.30. The van der Waals surface area contributed by atoms with E-state index >= 15 is 0 Å². The van der Waals surface area contributed by atoms with Gasteiger partial charge in [0.1, 0.15) is 0 Å². The van der Waals surface area contributed by atoms with Gasteiger partial charge in [-0.05, 0) is 31.4 Å². The van der Waals surface area contributed by atoms with Crippen molar-refractivity contribution >= 4 is 17.3 Å². The lowest BCUT2D eigenvalue weighted by Crippen LogP contribution is -2.52. The van der Waals surface area contributed by atoms with Crippen molar-refractivity contribution in [3.05, 3.63) is 52.4 Å². The van der Waals surface area contributed by atoms with Crippen LogP contribution in [-0.2, 0) is 4.79 Å². The summed E-state index contributed by atoms with van der Waals surface area (Å²) >= 11 is 0. The average molecular weight is 381 g/mol. The summed E-state index contributed by atoms with van der Waals surface area (Å²) in [6, 6.07) is 9.97. The van der Waals surface area contributed by atoms with Crippen LogP contribution >= 0.6 is 0 Å². The zero-order valence-corrected chi connectivity index (χ0v) is 16.3. The van der Waals surface area contributed by atoms with Crippen molar-refractivity contribution in [1.29, 1.82) is 0 Å². The first-order valence-electron chi connectivity index (χ1n) is 10.0. The summed E-state index contributed by atoms with van der Waals surface area (Å²) in [6.07, 6.45) is 3.52. The third-order valence-corrected chi connectivity index (χ3v) is 5.83. The summed E-state index contributed by atoms with van der Waals surface area (Å²) in [7, 11) is 0. The molecule has 7 nitrogen and oxygen atoms in total. The first-order chi connectivity index (χ1) is 13.6. The Morgan fingerprint density at radius 1 is 1.11 bits per heavy atom. The van der Waals surface area contributed by atoms with Gasteiger partial charge in [0, 0.05) is 51.0 Å². The molecule has 0 saturated carbocycles. The zero-order valence-electron chi connectivity index (χ0n) is 16.3. The van der Waals surface area contributed by atoms with E-state index in [-0.39, 0.29) is 17.4 Å². The number of rotatable bonds is 3. The Labute approximate surface area is 165 Å². The van der Waals surface area contributed by atoms with Gasteiger partial charge in [-0.15, -0.1) is 0 Å². The third kappa shape index (κ3) is 3.88. The van der Waals surface area contributed by atoms with Crippen molar-refractivity contribution < 1.29 is 4.79 Å². The van der Waals surface area contributed by atoms with E-state index in [0.717, 1.165) is 51.3 Å². The zero-order chi connectivity index (χ0) is 19.5. The van der Waals surface area contributed by atoms with Gasteiger partial charge < -0.3 is 14.7 Å². The molecule has 2 aliphatic heterocycles. The number of hydrogen-bond donors (Lipinski definition) is 1. The third-order valence-electron chi connectivity index (χ3n) is 5.83. The SMILES string of the molecule is Cc1ccccc1N1CCN(C(=O)C2CCCN(c3cn[nH]c(=O)c3)C2)CC1. The van der Waals surface area contributed by atoms with Crippen LogP contribution in [0, 0.1) is 12.8 Å². The Bertz CT molecular complexity index is 888. The molecule has 28 heavy (non-hydrogen) atoms. The smallest absolute Gasteiger partial charge is 0.266 e. The molecule has 1 aromatic carbocycles. The maximum absolute atomic E-state index is 13.1. The van der Waals surface area contributed by atoms with Crippen LogP contribution in [-0.4, -0.2) is 60.3 Å². The van der Waals surface area contributed by atoms with Crippen LogP contribution in [0.5, 0.6) is 0 Å². The number of H-pyrrole nitrogens is 1. The number of nitrogens with one attached hydrogen (secondary N) is 1. The second-order valence-electron chi connectivity index (χ2n) is 7.69. The number of aromatic amines is 1. The summed E-state index contributed by atoms with van der Waals surface area (Å²) in [5.74, 6) is 0.227. The number of carbonyl (C=O) groups excluding carboxylic acids is 1. The van der Waals surface area contributed by atoms with Crippen LogP contribution in [0.25, 0.3) is 0 Å². The number of carbonyl (C=O) groups is 1. The van der Waals surface area contributed by atoms with Crippen LogP contribution in [0.1, 0.15) is 18.4 Å². The lowest BCUT2D eigenvalue weighted by atomic mass is 9.96. The van der Waals surface area contributed by atoms with E-state index < -0.39 is 0 Å². The van der Waals surface area contributed by atoms with Crippen LogP contribution in [0.4, 0.5) is 11.4 Å². The minimum Gasteiger partial charge on any atom is -0.369 e. The van der Waals surface area contributed by atoms with E-state index in [1.54, 1.807) is 12.3 Å². The van der Waals surface area contributed by atoms with Gasteiger partial charge in [-0.1, -0.05) is 18.2 Å². The van der Waals surface area contributed by atoms with Crippen molar-refractivity contribution in [2.24, 2.45) is 5.92 Å². The van der Waals surface area contributed by atoms with Gasteiger partial charge in [0.15, 0.2) is 0 Å². The fourth-order valence-electron chi connectivity index (χ4n) is 4.30. The van der Waals surface area contributed by atoms with E-state index in [4.69, 9.17) is 0 Å². The molecule has 7 heteroatoms. The Morgan fingerprint density at radius 2 is 1.89 bits per heavy atom. The summed E-state index contributed by atoms with van der Waals surface area (Å²) in [6.45, 7) is 6.90. The van der Waals surface area contributed by atoms with Gasteiger partial charge in [-0.25, -0.2) is 5.10 Å². The van der Waals surface area contributed by atoms with Gasteiger partial charge in [-0.2, -0.15) is 5.10 Å². The first-order valence-corrected chi connectivity index (χ1v) is 10.0. The molecule has 3 heterocycles. The second kappa shape index (κ2) is 8.04. The monoisotopic (exact) mass is 381 g/mol. The summed E-state index contributed by atoms with van der Waals surface area (Å²) in [5, 5.41) is 6.29. The predicted molar refractivity (Wildman–Crippen MR) is 110 cm³/mol. The van der Waals surface area contributed by atoms with E-state index in [1.807, 2.05) is 4.90 Å². The molecule has 0 radical (unpaired) electrons. The predicted octanol–water partition coefficient (Wildman–Crippen LogP) is 1.64. The van der Waals surface area contributed by atoms with Crippen LogP contribution in [0.15, 0.2) is 41.3 Å². The quantitative estimate of drug-likeness (QED) is 0.875. The average Bonchev–Trinajstić information content (AvgIpc) is 2.74. The number of amides is 1. The molecule has 2 fully saturated rings. The van der Waals surface area contributed by atoms with Gasteiger partial charge in [-0.3, -0.25) is 9.59 Å². The molecule has 1 aromatic heterocycles. The number of nitrogens with zero attached hydrogens (tertiary/aromatic N) is 4. The number of para-hydroxylation sites is 1. The van der Waals surface area contributed by atoms with Crippen molar-refractivity contribution in [3.63, 3.8) is 0 Å². The van der Waals surface area contributed by atoms with E-state index in [2.05, 4.69) is 51.2 Å². The van der Waals surface area contributed by atoms with Crippen LogP contribution < -0.4 is 15.4 Å². The molecule has 2 aliphatic rings. The number of anilines is 2. The van der Waals surface area contributed by atoms with Crippen LogP contribution in [0.2, 0.25) is 0 Å². The summed E-state index contributed by atoms with van der Waals surface area (Å²) in [5.41, 5.74) is 3.13. The minimum absolute atomic E-state index is 0.0157. The minimum atomic E-state index is -0.210. The molecule has 0 aliphatic carbocycles. The van der Waals surface area contributed by atoms with Crippen LogP contribution in [0.3, 0.4) is 0 Å². The second-order valence-corrected chi connectivity index (χ2v) is 7.69. The van der Waals surface area contributed by atoms with Gasteiger partial charge in [0.05, 0.1) is 17.8 Å². The number of aromatic nitrogens is 2. The van der Waals surface area contributed by atoms with Crippen molar-refractivity contribution in [2.75, 3.05) is 49.1 Å². The highest BCUT2D eigenvalue weighted by atomic mass is 16.2. The topological polar surface area (TPSA) is 72.5 Å². The van der Waals surface area contributed by atoms with Gasteiger partial charge >= 0.3 is 0 Å². The largest absolute Gasteiger partial charge is 0.369 e. The lowest BCUT2D eigenvalue weighted by molar-refractivity contribution is -0.136. The maximum Gasteiger partial charge on any atom is 0.266 e. The van der Waals surface area contributed by atoms with Crippen molar-refractivity contribution in [2.45, 2.75) is 19.8 Å². The number of aryl methyl sites for hydroxylation is 1. The Kier molecular flexibility index (Phi) is 5.32. The van der Waals surface area contributed by atoms with Gasteiger partial charge in [0.2, 0.25) is 5.91 Å². The highest BCUT2D eigenvalue weighted by Gasteiger charge is 2.31. The molecule has 2 saturated heterocycles. The molecule has 1 atom stereocenters.